The van der Waals surface area contributed by atoms with Crippen LogP contribution in [0, 0.1) is 5.82 Å². The Hall–Kier alpha value is -2.19. The monoisotopic (exact) mass is 416 g/mol. The van der Waals surface area contributed by atoms with Gasteiger partial charge in [-0.3, -0.25) is 4.79 Å². The highest BCUT2D eigenvalue weighted by Gasteiger charge is 2.28. The van der Waals surface area contributed by atoms with Crippen LogP contribution in [0.1, 0.15) is 31.0 Å². The number of hydrogen-bond donors (Lipinski definition) is 0. The average molecular weight is 417 g/mol. The third-order valence-electron chi connectivity index (χ3n) is 5.07. The molecule has 1 amide bonds. The van der Waals surface area contributed by atoms with Crippen molar-refractivity contribution in [2.45, 2.75) is 38.0 Å². The summed E-state index contributed by atoms with van der Waals surface area (Å²) >= 11 is 3.03. The zero-order valence-electron chi connectivity index (χ0n) is 15.8. The van der Waals surface area contributed by atoms with E-state index in [4.69, 9.17) is 0 Å². The molecule has 5 nitrogen and oxygen atoms in total. The molecule has 0 saturated carbocycles. The fraction of sp³-hybridized carbons (Fsp3) is 0.350. The van der Waals surface area contributed by atoms with E-state index >= 15 is 0 Å². The van der Waals surface area contributed by atoms with Crippen LogP contribution >= 0.6 is 23.1 Å². The van der Waals surface area contributed by atoms with Crippen molar-refractivity contribution < 1.29 is 9.18 Å². The Morgan fingerprint density at radius 1 is 1.36 bits per heavy atom. The lowest BCUT2D eigenvalue weighted by Gasteiger charge is -2.35. The Morgan fingerprint density at radius 2 is 2.21 bits per heavy atom. The second-order valence-corrected chi connectivity index (χ2v) is 8.56. The number of nitrogens with zero attached hydrogens (tertiary/aromatic N) is 4. The van der Waals surface area contributed by atoms with Gasteiger partial charge >= 0.3 is 0 Å². The highest BCUT2D eigenvalue weighted by atomic mass is 32.2. The Morgan fingerprint density at radius 3 is 2.96 bits per heavy atom. The van der Waals surface area contributed by atoms with Crippen molar-refractivity contribution in [3.8, 4) is 10.7 Å². The molecule has 3 heterocycles. The number of thiophene rings is 1. The molecule has 0 spiro atoms. The summed E-state index contributed by atoms with van der Waals surface area (Å²) in [6.07, 6.45) is 0.754. The molecule has 1 unspecified atom stereocenters. The molecule has 146 valence electrons. The average Bonchev–Trinajstić information content (AvgIpc) is 3.36. The molecule has 8 heteroatoms. The van der Waals surface area contributed by atoms with Gasteiger partial charge in [-0.1, -0.05) is 23.9 Å². The highest BCUT2D eigenvalue weighted by Crippen LogP contribution is 2.32. The molecular formula is C20H21FN4OS2. The zero-order valence-corrected chi connectivity index (χ0v) is 17.4. The maximum atomic E-state index is 13.6. The van der Waals surface area contributed by atoms with Crippen molar-refractivity contribution in [1.82, 2.24) is 19.7 Å². The Bertz CT molecular complexity index is 986. The molecule has 1 aromatic carbocycles. The van der Waals surface area contributed by atoms with Crippen LogP contribution in [0.25, 0.3) is 10.7 Å². The molecule has 1 atom stereocenters. The number of amides is 1. The van der Waals surface area contributed by atoms with Crippen molar-refractivity contribution >= 4 is 29.0 Å². The largest absolute Gasteiger partial charge is 0.335 e. The van der Waals surface area contributed by atoms with Crippen molar-refractivity contribution in [2.75, 3.05) is 12.3 Å². The van der Waals surface area contributed by atoms with Gasteiger partial charge in [0.1, 0.15) is 5.82 Å². The van der Waals surface area contributed by atoms with E-state index in [2.05, 4.69) is 10.2 Å². The molecule has 4 rings (SSSR count). The summed E-state index contributed by atoms with van der Waals surface area (Å²) in [6.45, 7) is 5.40. The minimum Gasteiger partial charge on any atom is -0.335 e. The number of carbonyl (C=O) groups excluding carboxylic acids is 1. The molecule has 0 fully saturated rings. The van der Waals surface area contributed by atoms with Crippen molar-refractivity contribution in [3.05, 3.63) is 52.7 Å². The van der Waals surface area contributed by atoms with Gasteiger partial charge in [0, 0.05) is 13.1 Å². The van der Waals surface area contributed by atoms with Crippen LogP contribution < -0.4 is 0 Å². The number of fused-ring (bicyclic) bond motifs is 1. The first-order chi connectivity index (χ1) is 13.6. The van der Waals surface area contributed by atoms with Gasteiger partial charge in [-0.15, -0.1) is 21.5 Å². The van der Waals surface area contributed by atoms with E-state index in [1.165, 1.54) is 17.8 Å². The fourth-order valence-corrected chi connectivity index (χ4v) is 5.21. The number of carbonyl (C=O) groups is 1. The SMILES string of the molecule is CCn1c(SCC(=O)N2CCc3ccc(F)cc3C2C)nnc1-c1cccs1. The summed E-state index contributed by atoms with van der Waals surface area (Å²) in [6, 6.07) is 8.75. The molecule has 1 aliphatic rings. The van der Waals surface area contributed by atoms with Gasteiger partial charge in [-0.2, -0.15) is 0 Å². The third-order valence-corrected chi connectivity index (χ3v) is 6.88. The number of thioether (sulfide) groups is 1. The van der Waals surface area contributed by atoms with Crippen molar-refractivity contribution in [3.63, 3.8) is 0 Å². The van der Waals surface area contributed by atoms with Crippen LogP contribution in [0.4, 0.5) is 4.39 Å². The fourth-order valence-electron chi connectivity index (χ4n) is 3.60. The van der Waals surface area contributed by atoms with E-state index < -0.39 is 0 Å². The van der Waals surface area contributed by atoms with Gasteiger partial charge in [0.15, 0.2) is 11.0 Å². The van der Waals surface area contributed by atoms with E-state index in [1.807, 2.05) is 46.9 Å². The molecule has 0 radical (unpaired) electrons. The van der Waals surface area contributed by atoms with Crippen LogP contribution in [0.2, 0.25) is 0 Å². The lowest BCUT2D eigenvalue weighted by atomic mass is 9.93. The maximum Gasteiger partial charge on any atom is 0.233 e. The maximum absolute atomic E-state index is 13.6. The summed E-state index contributed by atoms with van der Waals surface area (Å²) in [4.78, 5) is 15.8. The molecule has 28 heavy (non-hydrogen) atoms. The number of halogens is 1. The summed E-state index contributed by atoms with van der Waals surface area (Å²) < 4.78 is 15.7. The first-order valence-electron chi connectivity index (χ1n) is 9.26. The molecule has 0 bridgehead atoms. The van der Waals surface area contributed by atoms with E-state index in [0.29, 0.717) is 6.54 Å². The quantitative estimate of drug-likeness (QED) is 0.579. The van der Waals surface area contributed by atoms with E-state index in [9.17, 15) is 9.18 Å². The molecule has 2 aromatic heterocycles. The van der Waals surface area contributed by atoms with Gasteiger partial charge in [0.2, 0.25) is 5.91 Å². The van der Waals surface area contributed by atoms with Crippen LogP contribution in [0.15, 0.2) is 40.9 Å². The lowest BCUT2D eigenvalue weighted by molar-refractivity contribution is -0.130. The summed E-state index contributed by atoms with van der Waals surface area (Å²) in [5.41, 5.74) is 2.03. The van der Waals surface area contributed by atoms with Crippen molar-refractivity contribution in [1.29, 1.82) is 0 Å². The van der Waals surface area contributed by atoms with Crippen LogP contribution in [-0.4, -0.2) is 37.9 Å². The third kappa shape index (κ3) is 3.58. The van der Waals surface area contributed by atoms with E-state index in [0.717, 1.165) is 40.0 Å². The lowest BCUT2D eigenvalue weighted by Crippen LogP contribution is -2.40. The summed E-state index contributed by atoms with van der Waals surface area (Å²) in [7, 11) is 0. The number of rotatable bonds is 5. The molecular weight excluding hydrogens is 395 g/mol. The minimum absolute atomic E-state index is 0.0377. The molecule has 3 aromatic rings. The Kier molecular flexibility index (Phi) is 5.50. The van der Waals surface area contributed by atoms with Crippen LogP contribution in [0.3, 0.4) is 0 Å². The zero-order chi connectivity index (χ0) is 19.7. The number of benzene rings is 1. The molecule has 0 N–H and O–H groups in total. The van der Waals surface area contributed by atoms with Crippen LogP contribution in [-0.2, 0) is 17.8 Å². The molecule has 1 aliphatic heterocycles. The van der Waals surface area contributed by atoms with Gasteiger partial charge in [0.25, 0.3) is 0 Å². The number of hydrogen-bond acceptors (Lipinski definition) is 5. The number of aromatic nitrogens is 3. The van der Waals surface area contributed by atoms with Crippen LogP contribution in [0.5, 0.6) is 0 Å². The standard InChI is InChI=1S/C20H21FN4OS2/c1-3-24-19(17-5-4-10-27-17)22-23-20(24)28-12-18(26)25-9-8-14-6-7-15(21)11-16(14)13(25)2/h4-7,10-11,13H,3,8-9,12H2,1-2H3. The minimum atomic E-state index is -0.258. The second-order valence-electron chi connectivity index (χ2n) is 6.67. The molecule has 0 saturated heterocycles. The first-order valence-corrected chi connectivity index (χ1v) is 11.1. The normalized spacial score (nSPS) is 16.2. The Labute approximate surface area is 171 Å². The topological polar surface area (TPSA) is 51.0 Å². The molecule has 0 aliphatic carbocycles. The predicted molar refractivity (Wildman–Crippen MR) is 110 cm³/mol. The predicted octanol–water partition coefficient (Wildman–Crippen LogP) is 4.40. The second kappa shape index (κ2) is 8.05. The van der Waals surface area contributed by atoms with Gasteiger partial charge in [-0.25, -0.2) is 4.39 Å². The van der Waals surface area contributed by atoms with Crippen molar-refractivity contribution in [2.24, 2.45) is 0 Å². The first kappa shape index (κ1) is 19.1. The van der Waals surface area contributed by atoms with E-state index in [-0.39, 0.29) is 23.5 Å². The smallest absolute Gasteiger partial charge is 0.233 e. The van der Waals surface area contributed by atoms with Gasteiger partial charge < -0.3 is 9.47 Å². The van der Waals surface area contributed by atoms with E-state index in [1.54, 1.807) is 17.4 Å². The van der Waals surface area contributed by atoms with Gasteiger partial charge in [-0.05, 0) is 55.0 Å². The Balaban J connectivity index is 1.47. The highest BCUT2D eigenvalue weighted by molar-refractivity contribution is 7.99. The summed E-state index contributed by atoms with van der Waals surface area (Å²) in [5.74, 6) is 0.905. The van der Waals surface area contributed by atoms with Gasteiger partial charge in [0.05, 0.1) is 16.7 Å². The summed E-state index contributed by atoms with van der Waals surface area (Å²) in [5, 5.41) is 11.4.